The van der Waals surface area contributed by atoms with Crippen molar-refractivity contribution in [2.24, 2.45) is 15.7 Å². The fourth-order valence-corrected chi connectivity index (χ4v) is 3.30. The number of anilines is 2. The minimum absolute atomic E-state index is 0.126. The van der Waals surface area contributed by atoms with E-state index >= 15 is 0 Å². The number of hydrogen-bond donors (Lipinski definition) is 3. The molecule has 0 aromatic heterocycles. The zero-order valence-electron chi connectivity index (χ0n) is 23.0. The lowest BCUT2D eigenvalue weighted by Crippen LogP contribution is -2.38. The van der Waals surface area contributed by atoms with Gasteiger partial charge < -0.3 is 30.9 Å². The van der Waals surface area contributed by atoms with Crippen LogP contribution in [0, 0.1) is 0 Å². The Balaban J connectivity index is 2.56. The summed E-state index contributed by atoms with van der Waals surface area (Å²) in [7, 11) is 3.70. The lowest BCUT2D eigenvalue weighted by molar-refractivity contribution is -0.104. The van der Waals surface area contributed by atoms with Crippen LogP contribution in [0.5, 0.6) is 0 Å². The van der Waals surface area contributed by atoms with E-state index in [9.17, 15) is 9.59 Å². The lowest BCUT2D eigenvalue weighted by atomic mass is 10.2. The number of carbonyl (C=O) groups excluding carboxylic acids is 2. The summed E-state index contributed by atoms with van der Waals surface area (Å²) in [5, 5.41) is 6.53. The average Bonchev–Trinajstić information content (AvgIpc) is 2.86. The van der Waals surface area contributed by atoms with E-state index in [-0.39, 0.29) is 12.1 Å². The zero-order chi connectivity index (χ0) is 27.8. The van der Waals surface area contributed by atoms with Gasteiger partial charge >= 0.3 is 6.09 Å². The molecule has 0 fully saturated rings. The molecule has 37 heavy (non-hydrogen) atoms. The standard InChI is InChI=1S/C26H43N7O3S/c1-26(2,3)36-25(35)33(6)13-11-21(27)17-31-22-9-8-10-23(15-22)32(5)14-12-30-24(28-4)20(18-34)16-29-19-37-7/h8-10,15-16,18,21,30-31H,4,11-14,17,19,27H2,1-3,5-7H3/b24-20-,29-16-. The summed E-state index contributed by atoms with van der Waals surface area (Å²) in [6.45, 7) is 11.4. The van der Waals surface area contributed by atoms with E-state index in [1.165, 1.54) is 6.21 Å². The number of hydrogen-bond acceptors (Lipinski definition) is 10. The number of aliphatic imine (C=N–C) groups is 2. The third-order valence-corrected chi connectivity index (χ3v) is 5.54. The summed E-state index contributed by atoms with van der Waals surface area (Å²) in [5.74, 6) is 0.984. The van der Waals surface area contributed by atoms with E-state index in [1.807, 2.05) is 58.3 Å². The summed E-state index contributed by atoms with van der Waals surface area (Å²) >= 11 is 1.56. The molecule has 0 saturated heterocycles. The molecule has 0 aliphatic heterocycles. The van der Waals surface area contributed by atoms with Crippen LogP contribution in [0.25, 0.3) is 0 Å². The topological polar surface area (TPSA) is 125 Å². The van der Waals surface area contributed by atoms with Crippen LogP contribution in [0.4, 0.5) is 16.2 Å². The first-order chi connectivity index (χ1) is 17.5. The molecule has 1 atom stereocenters. The molecule has 1 amide bonds. The molecule has 10 nitrogen and oxygen atoms in total. The first kappa shape index (κ1) is 32.0. The molecule has 0 radical (unpaired) electrons. The summed E-state index contributed by atoms with van der Waals surface area (Å²) in [4.78, 5) is 35.2. The van der Waals surface area contributed by atoms with Crippen molar-refractivity contribution in [2.75, 3.05) is 62.6 Å². The van der Waals surface area contributed by atoms with Crippen LogP contribution in [0.15, 0.2) is 45.6 Å². The lowest BCUT2D eigenvalue weighted by Gasteiger charge is -2.25. The Kier molecular flexibility index (Phi) is 14.4. The number of likely N-dealkylation sites (N-methyl/N-ethyl adjacent to an activating group) is 1. The predicted molar refractivity (Wildman–Crippen MR) is 157 cm³/mol. The van der Waals surface area contributed by atoms with Gasteiger partial charge in [-0.2, -0.15) is 0 Å². The van der Waals surface area contributed by atoms with E-state index in [4.69, 9.17) is 10.5 Å². The predicted octanol–water partition coefficient (Wildman–Crippen LogP) is 3.21. The molecule has 11 heteroatoms. The maximum absolute atomic E-state index is 12.1. The molecule has 0 aliphatic rings. The third kappa shape index (κ3) is 13.2. The van der Waals surface area contributed by atoms with Crippen LogP contribution >= 0.6 is 11.8 Å². The molecule has 1 unspecified atom stereocenters. The summed E-state index contributed by atoms with van der Waals surface area (Å²) in [5.41, 5.74) is 8.09. The average molecular weight is 534 g/mol. The number of amides is 1. The highest BCUT2D eigenvalue weighted by atomic mass is 32.2. The highest BCUT2D eigenvalue weighted by Gasteiger charge is 2.19. The van der Waals surface area contributed by atoms with Crippen molar-refractivity contribution in [2.45, 2.75) is 38.8 Å². The molecule has 1 rings (SSSR count). The van der Waals surface area contributed by atoms with E-state index in [1.54, 1.807) is 23.7 Å². The fourth-order valence-electron chi connectivity index (χ4n) is 3.07. The monoisotopic (exact) mass is 533 g/mol. The van der Waals surface area contributed by atoms with Gasteiger partial charge in [0.05, 0.1) is 11.4 Å². The molecule has 4 N–H and O–H groups in total. The SMILES string of the molecule is C=N/C(NCCN(C)c1cccc(NCC(N)CCN(C)C(=O)OC(C)(C)C)c1)=C(C=O)\C=N/CSC. The van der Waals surface area contributed by atoms with Crippen molar-refractivity contribution < 1.29 is 14.3 Å². The fraction of sp³-hybridized carbons (Fsp3) is 0.538. The number of aldehydes is 1. The van der Waals surface area contributed by atoms with Crippen LogP contribution in [-0.2, 0) is 9.53 Å². The second-order valence-electron chi connectivity index (χ2n) is 9.54. The van der Waals surface area contributed by atoms with E-state index in [0.29, 0.717) is 49.9 Å². The normalized spacial score (nSPS) is 12.9. The van der Waals surface area contributed by atoms with E-state index < -0.39 is 5.60 Å². The van der Waals surface area contributed by atoms with Crippen molar-refractivity contribution in [3.8, 4) is 0 Å². The summed E-state index contributed by atoms with van der Waals surface area (Å²) < 4.78 is 5.37. The smallest absolute Gasteiger partial charge is 0.410 e. The Morgan fingerprint density at radius 1 is 1.30 bits per heavy atom. The number of benzene rings is 1. The summed E-state index contributed by atoms with van der Waals surface area (Å²) in [6.07, 6.45) is 4.47. The first-order valence-electron chi connectivity index (χ1n) is 12.1. The van der Waals surface area contributed by atoms with Gasteiger partial charge in [0.1, 0.15) is 11.4 Å². The quantitative estimate of drug-likeness (QED) is 0.168. The second-order valence-corrected chi connectivity index (χ2v) is 10.4. The van der Waals surface area contributed by atoms with Gasteiger partial charge in [0, 0.05) is 63.9 Å². The zero-order valence-corrected chi connectivity index (χ0v) is 23.8. The number of thioether (sulfide) groups is 1. The number of nitrogens with two attached hydrogens (primary N) is 1. The highest BCUT2D eigenvalue weighted by Crippen LogP contribution is 2.18. The van der Waals surface area contributed by atoms with Crippen LogP contribution in [0.3, 0.4) is 0 Å². The Morgan fingerprint density at radius 2 is 2.03 bits per heavy atom. The molecule has 1 aromatic carbocycles. The van der Waals surface area contributed by atoms with Crippen LogP contribution < -0.4 is 21.3 Å². The largest absolute Gasteiger partial charge is 0.444 e. The maximum Gasteiger partial charge on any atom is 0.410 e. The van der Waals surface area contributed by atoms with Gasteiger partial charge in [-0.3, -0.25) is 9.79 Å². The Morgan fingerprint density at radius 3 is 2.65 bits per heavy atom. The number of nitrogens with one attached hydrogen (secondary N) is 2. The second kappa shape index (κ2) is 16.6. The Labute approximate surface area is 225 Å². The molecule has 0 spiro atoms. The van der Waals surface area contributed by atoms with Gasteiger partial charge in [-0.25, -0.2) is 9.79 Å². The van der Waals surface area contributed by atoms with Crippen molar-refractivity contribution in [1.29, 1.82) is 0 Å². The molecule has 1 aromatic rings. The summed E-state index contributed by atoms with van der Waals surface area (Å²) in [6, 6.07) is 7.91. The third-order valence-electron chi connectivity index (χ3n) is 5.13. The highest BCUT2D eigenvalue weighted by molar-refractivity contribution is 7.98. The van der Waals surface area contributed by atoms with Crippen molar-refractivity contribution in [3.63, 3.8) is 0 Å². The number of carbonyl (C=O) groups is 2. The van der Waals surface area contributed by atoms with Crippen LogP contribution in [0.1, 0.15) is 27.2 Å². The van der Waals surface area contributed by atoms with Crippen LogP contribution in [0.2, 0.25) is 0 Å². The van der Waals surface area contributed by atoms with Gasteiger partial charge in [-0.15, -0.1) is 11.8 Å². The van der Waals surface area contributed by atoms with E-state index in [0.717, 1.165) is 17.7 Å². The number of ether oxygens (including phenoxy) is 1. The minimum atomic E-state index is -0.522. The van der Waals surface area contributed by atoms with Gasteiger partial charge in [-0.05, 0) is 58.4 Å². The van der Waals surface area contributed by atoms with Gasteiger partial charge in [0.15, 0.2) is 6.29 Å². The molecule has 206 valence electrons. The molecule has 0 bridgehead atoms. The van der Waals surface area contributed by atoms with Crippen molar-refractivity contribution in [1.82, 2.24) is 10.2 Å². The molecule has 0 heterocycles. The first-order valence-corrected chi connectivity index (χ1v) is 13.5. The number of rotatable bonds is 16. The molecular weight excluding hydrogens is 490 g/mol. The number of nitrogens with zero attached hydrogens (tertiary/aromatic N) is 4. The molecule has 0 saturated carbocycles. The number of allylic oxidation sites excluding steroid dienone is 1. The maximum atomic E-state index is 12.1. The Hall–Kier alpha value is -3.05. The molecular formula is C26H43N7O3S. The Bertz CT molecular complexity index is 931. The van der Waals surface area contributed by atoms with Gasteiger partial charge in [-0.1, -0.05) is 6.07 Å². The van der Waals surface area contributed by atoms with Crippen molar-refractivity contribution in [3.05, 3.63) is 35.7 Å². The van der Waals surface area contributed by atoms with Crippen molar-refractivity contribution >= 4 is 48.4 Å². The minimum Gasteiger partial charge on any atom is -0.444 e. The van der Waals surface area contributed by atoms with E-state index in [2.05, 4.69) is 32.2 Å². The van der Waals surface area contributed by atoms with Crippen LogP contribution in [-0.4, -0.2) is 94.3 Å². The van der Waals surface area contributed by atoms with Gasteiger partial charge in [0.2, 0.25) is 0 Å². The van der Waals surface area contributed by atoms with Gasteiger partial charge in [0.25, 0.3) is 0 Å². The molecule has 0 aliphatic carbocycles.